The van der Waals surface area contributed by atoms with Crippen molar-refractivity contribution in [2.75, 3.05) is 39.4 Å². The Balaban J connectivity index is 1.58. The smallest absolute Gasteiger partial charge is 0.416 e. The van der Waals surface area contributed by atoms with Gasteiger partial charge in [-0.05, 0) is 54.6 Å². The molecule has 2 N–H and O–H groups in total. The molecule has 47 heavy (non-hydrogen) atoms. The lowest BCUT2D eigenvalue weighted by molar-refractivity contribution is -0.137. The number of nitrogens with zero attached hydrogens (tertiary/aromatic N) is 4. The molecular formula is C29H28ClF3N6O6S2. The Morgan fingerprint density at radius 1 is 1.00 bits per heavy atom. The van der Waals surface area contributed by atoms with E-state index in [2.05, 4.69) is 20.8 Å². The Morgan fingerprint density at radius 3 is 2.32 bits per heavy atom. The van der Waals surface area contributed by atoms with E-state index in [9.17, 15) is 31.2 Å². The molecule has 4 aromatic rings. The van der Waals surface area contributed by atoms with E-state index in [0.717, 1.165) is 34.3 Å². The summed E-state index contributed by atoms with van der Waals surface area (Å²) in [5.41, 5.74) is -0.592. The quantitative estimate of drug-likeness (QED) is 0.197. The van der Waals surface area contributed by atoms with Gasteiger partial charge in [0.15, 0.2) is 11.0 Å². The Kier molecular flexibility index (Phi) is 11.1. The van der Waals surface area contributed by atoms with Gasteiger partial charge in [0.1, 0.15) is 11.5 Å². The van der Waals surface area contributed by atoms with E-state index in [1.807, 2.05) is 0 Å². The molecule has 0 aliphatic rings. The minimum Gasteiger partial charge on any atom is -0.497 e. The predicted molar refractivity (Wildman–Crippen MR) is 169 cm³/mol. The molecule has 250 valence electrons. The first-order chi connectivity index (χ1) is 22.1. The first-order valence-electron chi connectivity index (χ1n) is 13.4. The van der Waals surface area contributed by atoms with Gasteiger partial charge in [-0.3, -0.25) is 14.2 Å². The molecule has 12 nitrogen and oxygen atoms in total. The van der Waals surface area contributed by atoms with Crippen molar-refractivity contribution in [3.8, 4) is 17.2 Å². The Labute approximate surface area is 277 Å². The third-order valence-corrected chi connectivity index (χ3v) is 9.62. The number of carbonyl (C=O) groups is 2. The summed E-state index contributed by atoms with van der Waals surface area (Å²) in [5.74, 6) is -0.454. The highest BCUT2D eigenvalue weighted by Crippen LogP contribution is 2.35. The summed E-state index contributed by atoms with van der Waals surface area (Å²) in [7, 11) is 2.02. The van der Waals surface area contributed by atoms with Crippen LogP contribution in [0.15, 0.2) is 70.7 Å². The molecule has 0 saturated carbocycles. The summed E-state index contributed by atoms with van der Waals surface area (Å²) in [6.07, 6.45) is -4.63. The molecule has 4 rings (SSSR count). The maximum absolute atomic E-state index is 13.2. The second-order valence-electron chi connectivity index (χ2n) is 9.80. The van der Waals surface area contributed by atoms with E-state index in [1.54, 1.807) is 18.2 Å². The van der Waals surface area contributed by atoms with E-state index in [1.165, 1.54) is 57.1 Å². The number of halogens is 4. The van der Waals surface area contributed by atoms with Crippen molar-refractivity contribution in [1.29, 1.82) is 0 Å². The number of hydrogen-bond donors (Lipinski definition) is 2. The fraction of sp³-hybridized carbons (Fsp3) is 0.241. The van der Waals surface area contributed by atoms with Crippen LogP contribution in [0.3, 0.4) is 0 Å². The first kappa shape index (κ1) is 35.5. The van der Waals surface area contributed by atoms with Crippen LogP contribution in [0, 0.1) is 0 Å². The Morgan fingerprint density at radius 2 is 1.70 bits per heavy atom. The molecule has 0 aliphatic heterocycles. The number of thioether (sulfide) groups is 1. The number of rotatable bonds is 12. The third kappa shape index (κ3) is 8.34. The lowest BCUT2D eigenvalue weighted by Gasteiger charge is -2.16. The molecule has 0 atom stereocenters. The fourth-order valence-corrected chi connectivity index (χ4v) is 5.92. The van der Waals surface area contributed by atoms with Crippen LogP contribution in [0.4, 0.5) is 18.9 Å². The van der Waals surface area contributed by atoms with Gasteiger partial charge in [-0.25, -0.2) is 12.7 Å². The zero-order valence-corrected chi connectivity index (χ0v) is 27.6. The van der Waals surface area contributed by atoms with Crippen LogP contribution in [0.1, 0.15) is 21.7 Å². The molecule has 0 aliphatic carbocycles. The van der Waals surface area contributed by atoms with Crippen LogP contribution in [-0.2, 0) is 27.5 Å². The predicted octanol–water partition coefficient (Wildman–Crippen LogP) is 4.87. The number of sulfonamides is 1. The molecular weight excluding hydrogens is 685 g/mol. The maximum atomic E-state index is 13.2. The second kappa shape index (κ2) is 14.6. The largest absolute Gasteiger partial charge is 0.497 e. The zero-order chi connectivity index (χ0) is 34.5. The number of ether oxygens (including phenoxy) is 2. The third-order valence-electron chi connectivity index (χ3n) is 6.53. The maximum Gasteiger partial charge on any atom is 0.416 e. The van der Waals surface area contributed by atoms with Gasteiger partial charge in [0.25, 0.3) is 5.91 Å². The van der Waals surface area contributed by atoms with Gasteiger partial charge < -0.3 is 20.1 Å². The number of anilines is 1. The minimum atomic E-state index is -4.63. The summed E-state index contributed by atoms with van der Waals surface area (Å²) >= 11 is 6.94. The van der Waals surface area contributed by atoms with Gasteiger partial charge in [-0.2, -0.15) is 13.2 Å². The molecule has 1 heterocycles. The molecule has 0 saturated heterocycles. The molecule has 18 heteroatoms. The number of methoxy groups -OCH3 is 2. The number of nitrogens with one attached hydrogen (secondary N) is 2. The summed E-state index contributed by atoms with van der Waals surface area (Å²) in [6.45, 7) is -0.156. The van der Waals surface area contributed by atoms with Crippen molar-refractivity contribution in [2.24, 2.45) is 0 Å². The van der Waals surface area contributed by atoms with E-state index in [4.69, 9.17) is 21.1 Å². The standard InChI is InChI=1S/C29H28ClF3N6O6S2/c1-38(2)47(42,43)20-9-5-17(6-10-20)27(41)34-15-25-36-37-28(39(25)23-14-19(44-3)8-12-24(23)45-4)46-16-26(40)35-22-13-18(29(31,32)33)7-11-21(22)30/h5-14H,15-16H2,1-4H3,(H,34,41)(H,35,40). The highest BCUT2D eigenvalue weighted by atomic mass is 35.5. The number of benzene rings is 3. The average Bonchev–Trinajstić information content (AvgIpc) is 3.45. The van der Waals surface area contributed by atoms with E-state index in [0.29, 0.717) is 17.2 Å². The molecule has 0 radical (unpaired) electrons. The van der Waals surface area contributed by atoms with Gasteiger partial charge in [0, 0.05) is 25.7 Å². The average molecular weight is 713 g/mol. The van der Waals surface area contributed by atoms with Crippen LogP contribution >= 0.6 is 23.4 Å². The normalized spacial score (nSPS) is 11.8. The molecule has 0 bridgehead atoms. The van der Waals surface area contributed by atoms with Gasteiger partial charge in [-0.15, -0.1) is 10.2 Å². The highest BCUT2D eigenvalue weighted by Gasteiger charge is 2.31. The van der Waals surface area contributed by atoms with Crippen LogP contribution in [0.25, 0.3) is 5.69 Å². The van der Waals surface area contributed by atoms with Crippen molar-refractivity contribution in [1.82, 2.24) is 24.4 Å². The topological polar surface area (TPSA) is 145 Å². The Hall–Kier alpha value is -4.32. The molecule has 0 fully saturated rings. The van der Waals surface area contributed by atoms with Crippen molar-refractivity contribution >= 4 is 50.9 Å². The number of aromatic nitrogens is 3. The van der Waals surface area contributed by atoms with Gasteiger partial charge in [-0.1, -0.05) is 23.4 Å². The van der Waals surface area contributed by atoms with Crippen LogP contribution in [0.2, 0.25) is 5.02 Å². The fourth-order valence-electron chi connectivity index (χ4n) is 4.09. The summed E-state index contributed by atoms with van der Waals surface area (Å²) in [4.78, 5) is 25.8. The molecule has 3 aromatic carbocycles. The van der Waals surface area contributed by atoms with Crippen LogP contribution < -0.4 is 20.1 Å². The number of amides is 2. The molecule has 1 aromatic heterocycles. The van der Waals surface area contributed by atoms with Gasteiger partial charge in [0.2, 0.25) is 15.9 Å². The number of hydrogen-bond acceptors (Lipinski definition) is 9. The first-order valence-corrected chi connectivity index (χ1v) is 16.2. The van der Waals surface area contributed by atoms with Crippen molar-refractivity contribution in [3.63, 3.8) is 0 Å². The minimum absolute atomic E-state index is 0.0185. The van der Waals surface area contributed by atoms with Gasteiger partial charge in [0.05, 0.1) is 53.4 Å². The monoisotopic (exact) mass is 712 g/mol. The zero-order valence-electron chi connectivity index (χ0n) is 25.3. The van der Waals surface area contributed by atoms with E-state index >= 15 is 0 Å². The molecule has 0 unspecified atom stereocenters. The number of alkyl halides is 3. The SMILES string of the molecule is COc1ccc(OC)c(-n2c(CNC(=O)c3ccc(S(=O)(=O)N(C)C)cc3)nnc2SCC(=O)Nc2cc(C(F)(F)F)ccc2Cl)c1. The van der Waals surface area contributed by atoms with Crippen molar-refractivity contribution < 1.29 is 40.7 Å². The summed E-state index contributed by atoms with van der Waals surface area (Å²) in [6, 6.07) is 12.9. The van der Waals surface area contributed by atoms with E-state index < -0.39 is 33.6 Å². The Bertz CT molecular complexity index is 1890. The van der Waals surface area contributed by atoms with Crippen LogP contribution in [-0.4, -0.2) is 73.4 Å². The highest BCUT2D eigenvalue weighted by molar-refractivity contribution is 7.99. The molecule has 0 spiro atoms. The summed E-state index contributed by atoms with van der Waals surface area (Å²) in [5, 5.41) is 13.6. The lowest BCUT2D eigenvalue weighted by atomic mass is 10.2. The molecule has 2 amide bonds. The second-order valence-corrected chi connectivity index (χ2v) is 13.3. The van der Waals surface area contributed by atoms with Crippen molar-refractivity contribution in [2.45, 2.75) is 22.8 Å². The number of carbonyl (C=O) groups excluding carboxylic acids is 2. The van der Waals surface area contributed by atoms with E-state index in [-0.39, 0.29) is 44.4 Å². The lowest BCUT2D eigenvalue weighted by Crippen LogP contribution is -2.25. The summed E-state index contributed by atoms with van der Waals surface area (Å²) < 4.78 is 77.7. The van der Waals surface area contributed by atoms with Crippen LogP contribution in [0.5, 0.6) is 11.5 Å². The van der Waals surface area contributed by atoms with Crippen molar-refractivity contribution in [3.05, 3.63) is 82.6 Å². The van der Waals surface area contributed by atoms with Gasteiger partial charge >= 0.3 is 6.18 Å².